The first-order valence-corrected chi connectivity index (χ1v) is 5.75. The molecule has 0 amide bonds. The molecule has 0 heterocycles. The van der Waals surface area contributed by atoms with Crippen LogP contribution in [0.5, 0.6) is 0 Å². The van der Waals surface area contributed by atoms with Gasteiger partial charge in [-0.25, -0.2) is 9.38 Å². The van der Waals surface area contributed by atoms with Crippen molar-refractivity contribution in [2.45, 2.75) is 20.0 Å². The summed E-state index contributed by atoms with van der Waals surface area (Å²) in [6.07, 6.45) is -0.776. The summed E-state index contributed by atoms with van der Waals surface area (Å²) in [5, 5.41) is 0. The van der Waals surface area contributed by atoms with Crippen LogP contribution in [0.15, 0.2) is 58.3 Å². The first-order chi connectivity index (χ1) is 9.68. The smallest absolute Gasteiger partial charge is 0.424 e. The zero-order valence-corrected chi connectivity index (χ0v) is 12.0. The quantitative estimate of drug-likeness (QED) is 0.307. The van der Waals surface area contributed by atoms with Crippen LogP contribution in [-0.4, -0.2) is 25.2 Å². The van der Waals surface area contributed by atoms with Crippen molar-refractivity contribution in [3.63, 3.8) is 0 Å². The Bertz CT molecular complexity index is 526. The summed E-state index contributed by atoms with van der Waals surface area (Å²) >= 11 is 0. The summed E-state index contributed by atoms with van der Waals surface area (Å²) in [5.74, 6) is -2.59. The maximum Gasteiger partial charge on any atom is 0.424 e. The number of rotatable bonds is 6. The first kappa shape index (κ1) is 18.8. The van der Waals surface area contributed by atoms with Gasteiger partial charge in [0.25, 0.3) is 0 Å². The monoisotopic (exact) mass is 304 g/mol. The lowest BCUT2D eigenvalue weighted by Gasteiger charge is -2.13. The summed E-state index contributed by atoms with van der Waals surface area (Å²) in [6.45, 7) is 9.25. The molecule has 3 nitrogen and oxygen atoms in total. The molecular weight excluding hydrogens is 288 g/mol. The highest BCUT2D eigenvalue weighted by Crippen LogP contribution is 2.34. The molecule has 0 aromatic rings. The second-order valence-corrected chi connectivity index (χ2v) is 3.68. The molecule has 0 rings (SSSR count). The molecule has 0 aliphatic rings. The van der Waals surface area contributed by atoms with Crippen molar-refractivity contribution in [1.29, 1.82) is 0 Å². The van der Waals surface area contributed by atoms with Crippen LogP contribution < -0.4 is 0 Å². The van der Waals surface area contributed by atoms with E-state index in [2.05, 4.69) is 27.9 Å². The number of methoxy groups -OCH3 is 1. The Morgan fingerprint density at radius 1 is 1.29 bits per heavy atom. The maximum atomic E-state index is 13.1. The Morgan fingerprint density at radius 2 is 1.86 bits per heavy atom. The van der Waals surface area contributed by atoms with Gasteiger partial charge in [-0.2, -0.15) is 13.2 Å². The maximum absolute atomic E-state index is 13.1. The van der Waals surface area contributed by atoms with Crippen molar-refractivity contribution in [2.24, 2.45) is 9.98 Å². The molecule has 116 valence electrons. The average molecular weight is 304 g/mol. The molecule has 0 radical (unpaired) electrons. The lowest BCUT2D eigenvalue weighted by Crippen LogP contribution is -2.16. The van der Waals surface area contributed by atoms with Crippen LogP contribution in [0.1, 0.15) is 13.8 Å². The van der Waals surface area contributed by atoms with E-state index in [4.69, 9.17) is 0 Å². The zero-order chi connectivity index (χ0) is 16.6. The first-order valence-electron chi connectivity index (χ1n) is 5.75. The van der Waals surface area contributed by atoms with Gasteiger partial charge in [0, 0.05) is 18.0 Å². The van der Waals surface area contributed by atoms with E-state index in [0.717, 1.165) is 7.11 Å². The SMILES string of the molecule is C=CC(=C\N=CC)/C(C)=N/C(OC)=C(\C(=C)F)C(F)(F)F. The fourth-order valence-corrected chi connectivity index (χ4v) is 1.26. The molecule has 0 spiro atoms. The topological polar surface area (TPSA) is 34.0 Å². The predicted molar refractivity (Wildman–Crippen MR) is 75.9 cm³/mol. The van der Waals surface area contributed by atoms with Gasteiger partial charge in [0.15, 0.2) is 5.57 Å². The van der Waals surface area contributed by atoms with Gasteiger partial charge in [0.1, 0.15) is 5.83 Å². The second kappa shape index (κ2) is 8.18. The zero-order valence-electron chi connectivity index (χ0n) is 12.0. The van der Waals surface area contributed by atoms with Gasteiger partial charge in [0.2, 0.25) is 5.88 Å². The van der Waals surface area contributed by atoms with E-state index < -0.39 is 23.5 Å². The average Bonchev–Trinajstić information content (AvgIpc) is 2.36. The van der Waals surface area contributed by atoms with E-state index in [1.807, 2.05) is 0 Å². The summed E-state index contributed by atoms with van der Waals surface area (Å²) in [5.41, 5.74) is -1.16. The van der Waals surface area contributed by atoms with E-state index in [1.165, 1.54) is 25.4 Å². The minimum atomic E-state index is -4.97. The van der Waals surface area contributed by atoms with Gasteiger partial charge in [-0.05, 0) is 13.8 Å². The molecule has 0 aromatic heterocycles. The summed E-state index contributed by atoms with van der Waals surface area (Å²) in [4.78, 5) is 7.46. The summed E-state index contributed by atoms with van der Waals surface area (Å²) in [6, 6.07) is 0. The van der Waals surface area contributed by atoms with E-state index in [-0.39, 0.29) is 5.71 Å². The normalized spacial score (nSPS) is 15.0. The molecule has 0 aliphatic carbocycles. The van der Waals surface area contributed by atoms with Crippen molar-refractivity contribution in [1.82, 2.24) is 0 Å². The third-order valence-electron chi connectivity index (χ3n) is 2.23. The van der Waals surface area contributed by atoms with Crippen molar-refractivity contribution < 1.29 is 22.3 Å². The number of hydrogen-bond acceptors (Lipinski definition) is 3. The molecule has 0 saturated carbocycles. The number of alkyl halides is 3. The van der Waals surface area contributed by atoms with E-state index in [1.54, 1.807) is 6.92 Å². The number of nitrogens with zero attached hydrogens (tertiary/aromatic N) is 2. The molecule has 0 N–H and O–H groups in total. The second-order valence-electron chi connectivity index (χ2n) is 3.68. The van der Waals surface area contributed by atoms with E-state index >= 15 is 0 Å². The van der Waals surface area contributed by atoms with Crippen LogP contribution in [0, 0.1) is 0 Å². The van der Waals surface area contributed by atoms with Crippen molar-refractivity contribution in [2.75, 3.05) is 7.11 Å². The Morgan fingerprint density at radius 3 is 2.19 bits per heavy atom. The van der Waals surface area contributed by atoms with Gasteiger partial charge in [-0.3, -0.25) is 4.99 Å². The van der Waals surface area contributed by atoms with E-state index in [9.17, 15) is 17.6 Å². The highest BCUT2D eigenvalue weighted by molar-refractivity contribution is 6.01. The van der Waals surface area contributed by atoms with Crippen molar-refractivity contribution >= 4 is 11.9 Å². The van der Waals surface area contributed by atoms with Crippen LogP contribution in [-0.2, 0) is 4.74 Å². The molecule has 0 aromatic carbocycles. The fraction of sp³-hybridized carbons (Fsp3) is 0.286. The lowest BCUT2D eigenvalue weighted by molar-refractivity contribution is -0.0943. The molecule has 0 unspecified atom stereocenters. The lowest BCUT2D eigenvalue weighted by atomic mass is 10.2. The summed E-state index contributed by atoms with van der Waals surface area (Å²) < 4.78 is 55.9. The van der Waals surface area contributed by atoms with Crippen LogP contribution in [0.2, 0.25) is 0 Å². The van der Waals surface area contributed by atoms with Crippen LogP contribution in [0.4, 0.5) is 17.6 Å². The van der Waals surface area contributed by atoms with Crippen molar-refractivity contribution in [3.8, 4) is 0 Å². The van der Waals surface area contributed by atoms with Crippen LogP contribution in [0.3, 0.4) is 0 Å². The van der Waals surface area contributed by atoms with Crippen LogP contribution in [0.25, 0.3) is 0 Å². The van der Waals surface area contributed by atoms with Gasteiger partial charge in [-0.1, -0.05) is 19.2 Å². The Hall–Kier alpha value is -2.18. The third kappa shape index (κ3) is 5.76. The van der Waals surface area contributed by atoms with E-state index in [0.29, 0.717) is 5.57 Å². The highest BCUT2D eigenvalue weighted by atomic mass is 19.4. The Balaban J connectivity index is 6.02. The minimum absolute atomic E-state index is 0.135. The number of aliphatic imine (C=N–C) groups is 2. The molecule has 0 aliphatic heterocycles. The number of halogens is 4. The molecule has 0 saturated heterocycles. The highest BCUT2D eigenvalue weighted by Gasteiger charge is 2.40. The summed E-state index contributed by atoms with van der Waals surface area (Å²) in [7, 11) is 0.961. The number of allylic oxidation sites excluding steroid dienone is 4. The third-order valence-corrected chi connectivity index (χ3v) is 2.23. The molecule has 0 fully saturated rings. The van der Waals surface area contributed by atoms with Crippen molar-refractivity contribution in [3.05, 3.63) is 48.3 Å². The Kier molecular flexibility index (Phi) is 7.33. The Labute approximate surface area is 120 Å². The molecular formula is C14H16F4N2O. The predicted octanol–water partition coefficient (Wildman–Crippen LogP) is 4.51. The number of ether oxygens (including phenoxy) is 1. The molecule has 21 heavy (non-hydrogen) atoms. The molecule has 0 atom stereocenters. The molecule has 7 heteroatoms. The van der Waals surface area contributed by atoms with Gasteiger partial charge < -0.3 is 4.74 Å². The number of hydrogen-bond donors (Lipinski definition) is 0. The van der Waals surface area contributed by atoms with Gasteiger partial charge in [0.05, 0.1) is 12.8 Å². The van der Waals surface area contributed by atoms with Gasteiger partial charge >= 0.3 is 6.18 Å². The largest absolute Gasteiger partial charge is 0.480 e. The standard InChI is InChI=1S/C14H16F4N2O/c1-6-11(8-19-7-2)10(4)20-13(21-5)12(9(3)15)14(16,17)18/h6-8H,1,3H2,2,4-5H3/b11-8+,13-12-,19-7?,20-10+. The fourth-order valence-electron chi connectivity index (χ4n) is 1.26. The molecule has 0 bridgehead atoms. The minimum Gasteiger partial charge on any atom is -0.480 e. The van der Waals surface area contributed by atoms with Gasteiger partial charge in [-0.15, -0.1) is 0 Å². The van der Waals surface area contributed by atoms with Crippen LogP contribution >= 0.6 is 0 Å².